The van der Waals surface area contributed by atoms with Crippen LogP contribution in [0.2, 0.25) is 0 Å². The van der Waals surface area contributed by atoms with Gasteiger partial charge in [0.2, 0.25) is 0 Å². The summed E-state index contributed by atoms with van der Waals surface area (Å²) >= 11 is 1.51. The lowest BCUT2D eigenvalue weighted by atomic mass is 10.1. The first-order chi connectivity index (χ1) is 14.9. The van der Waals surface area contributed by atoms with E-state index >= 15 is 0 Å². The van der Waals surface area contributed by atoms with E-state index in [0.717, 1.165) is 10.9 Å². The molecule has 162 valence electrons. The predicted molar refractivity (Wildman–Crippen MR) is 121 cm³/mol. The van der Waals surface area contributed by atoms with Crippen LogP contribution in [0.5, 0.6) is 5.75 Å². The average Bonchev–Trinajstić information content (AvgIpc) is 2.75. The number of rotatable bonds is 9. The molecule has 0 aliphatic carbocycles. The van der Waals surface area contributed by atoms with E-state index in [9.17, 15) is 19.5 Å². The lowest BCUT2D eigenvalue weighted by Crippen LogP contribution is -2.43. The molecule has 2 N–H and O–H groups in total. The third-order valence-corrected chi connectivity index (χ3v) is 5.32. The van der Waals surface area contributed by atoms with Crippen molar-refractivity contribution < 1.29 is 23.8 Å². The monoisotopic (exact) mass is 441 g/mol. The maximum atomic E-state index is 12.4. The van der Waals surface area contributed by atoms with E-state index in [4.69, 9.17) is 9.15 Å². The molecule has 7 nitrogen and oxygen atoms in total. The number of carbonyl (C=O) groups excluding carboxylic acids is 1. The molecular formula is C23H23NO6S. The van der Waals surface area contributed by atoms with Crippen molar-refractivity contribution in [3.8, 4) is 17.1 Å². The molecule has 0 fully saturated rings. The van der Waals surface area contributed by atoms with E-state index in [2.05, 4.69) is 5.32 Å². The second-order valence-corrected chi connectivity index (χ2v) is 8.00. The summed E-state index contributed by atoms with van der Waals surface area (Å²) < 4.78 is 11.2. The van der Waals surface area contributed by atoms with Crippen molar-refractivity contribution in [1.29, 1.82) is 0 Å². The normalized spacial score (nSPS) is 11.8. The maximum Gasteiger partial charge on any atom is 0.344 e. The highest BCUT2D eigenvalue weighted by atomic mass is 32.2. The van der Waals surface area contributed by atoms with Gasteiger partial charge in [0.15, 0.2) is 6.61 Å². The molecule has 3 aromatic rings. The Balaban J connectivity index is 1.82. The first-order valence-corrected chi connectivity index (χ1v) is 11.1. The Morgan fingerprint density at radius 2 is 1.97 bits per heavy atom. The number of aliphatic carboxylic acids is 1. The molecule has 0 aliphatic rings. The molecule has 0 saturated heterocycles. The highest BCUT2D eigenvalue weighted by molar-refractivity contribution is 7.98. The van der Waals surface area contributed by atoms with Gasteiger partial charge in [-0.25, -0.2) is 9.59 Å². The van der Waals surface area contributed by atoms with Gasteiger partial charge >= 0.3 is 11.6 Å². The van der Waals surface area contributed by atoms with Crippen molar-refractivity contribution in [2.45, 2.75) is 19.4 Å². The van der Waals surface area contributed by atoms with Crippen LogP contribution in [0.3, 0.4) is 0 Å². The van der Waals surface area contributed by atoms with Gasteiger partial charge in [0.25, 0.3) is 5.91 Å². The quantitative estimate of drug-likeness (QED) is 0.524. The molecule has 1 heterocycles. The summed E-state index contributed by atoms with van der Waals surface area (Å²) in [5.41, 5.74) is 0.995. The molecule has 3 rings (SSSR count). The predicted octanol–water partition coefficient (Wildman–Crippen LogP) is 3.47. The number of carboxylic acid groups (broad SMARTS) is 1. The molecule has 1 amide bonds. The lowest BCUT2D eigenvalue weighted by molar-refractivity contribution is -0.142. The van der Waals surface area contributed by atoms with E-state index in [1.807, 2.05) is 31.4 Å². The van der Waals surface area contributed by atoms with Gasteiger partial charge < -0.3 is 19.6 Å². The minimum atomic E-state index is -1.09. The first-order valence-electron chi connectivity index (χ1n) is 9.67. The molecule has 0 saturated carbocycles. The van der Waals surface area contributed by atoms with Crippen LogP contribution in [0.1, 0.15) is 12.0 Å². The van der Waals surface area contributed by atoms with Crippen molar-refractivity contribution in [1.82, 2.24) is 5.32 Å². The second kappa shape index (κ2) is 10.2. The van der Waals surface area contributed by atoms with Gasteiger partial charge in [0.05, 0.1) is 10.9 Å². The van der Waals surface area contributed by atoms with Gasteiger partial charge in [-0.2, -0.15) is 11.8 Å². The summed E-state index contributed by atoms with van der Waals surface area (Å²) in [7, 11) is 0. The Labute approximate surface area is 183 Å². The average molecular weight is 442 g/mol. The molecule has 1 aromatic heterocycles. The molecule has 0 radical (unpaired) electrons. The van der Waals surface area contributed by atoms with Crippen molar-refractivity contribution in [3.63, 3.8) is 0 Å². The summed E-state index contributed by atoms with van der Waals surface area (Å²) in [6.07, 6.45) is 2.19. The van der Waals surface area contributed by atoms with E-state index in [0.29, 0.717) is 34.6 Å². The fourth-order valence-corrected chi connectivity index (χ4v) is 3.57. The van der Waals surface area contributed by atoms with Crippen LogP contribution in [0, 0.1) is 6.92 Å². The zero-order valence-electron chi connectivity index (χ0n) is 17.2. The highest BCUT2D eigenvalue weighted by Crippen LogP contribution is 2.32. The number of thioether (sulfide) groups is 1. The fourth-order valence-electron chi connectivity index (χ4n) is 3.10. The van der Waals surface area contributed by atoms with Crippen LogP contribution in [0.4, 0.5) is 0 Å². The molecule has 1 atom stereocenters. The second-order valence-electron chi connectivity index (χ2n) is 7.01. The first kappa shape index (κ1) is 22.4. The van der Waals surface area contributed by atoms with Gasteiger partial charge in [-0.15, -0.1) is 0 Å². The van der Waals surface area contributed by atoms with E-state index < -0.39 is 23.5 Å². The number of aryl methyl sites for hydroxylation is 1. The van der Waals surface area contributed by atoms with Gasteiger partial charge in [-0.05, 0) is 55.0 Å². The SMILES string of the molecule is CSCC[C@@H](NC(=O)COc1ccc(C)cc1-c1cc2ccccc2c(=O)o1)C(=O)O. The van der Waals surface area contributed by atoms with Crippen molar-refractivity contribution in [2.75, 3.05) is 18.6 Å². The Morgan fingerprint density at radius 3 is 2.71 bits per heavy atom. The van der Waals surface area contributed by atoms with Crippen LogP contribution >= 0.6 is 11.8 Å². The Morgan fingerprint density at radius 1 is 1.19 bits per heavy atom. The van der Waals surface area contributed by atoms with Gasteiger partial charge in [-0.3, -0.25) is 4.79 Å². The number of benzene rings is 2. The maximum absolute atomic E-state index is 12.4. The lowest BCUT2D eigenvalue weighted by Gasteiger charge is -2.15. The fraction of sp³-hybridized carbons (Fsp3) is 0.261. The molecule has 0 bridgehead atoms. The van der Waals surface area contributed by atoms with E-state index in [-0.39, 0.29) is 6.61 Å². The molecule has 0 spiro atoms. The van der Waals surface area contributed by atoms with Gasteiger partial charge in [0.1, 0.15) is 17.6 Å². The zero-order valence-corrected chi connectivity index (χ0v) is 18.0. The van der Waals surface area contributed by atoms with Crippen molar-refractivity contribution in [2.24, 2.45) is 0 Å². The number of carboxylic acids is 1. The number of fused-ring (bicyclic) bond motifs is 1. The molecule has 2 aromatic carbocycles. The molecule has 31 heavy (non-hydrogen) atoms. The third-order valence-electron chi connectivity index (χ3n) is 4.67. The zero-order chi connectivity index (χ0) is 22.4. The van der Waals surface area contributed by atoms with Crippen LogP contribution in [-0.2, 0) is 9.59 Å². The van der Waals surface area contributed by atoms with Crippen LogP contribution in [0.25, 0.3) is 22.1 Å². The van der Waals surface area contributed by atoms with Crippen LogP contribution in [-0.4, -0.2) is 41.6 Å². The topological polar surface area (TPSA) is 106 Å². The largest absolute Gasteiger partial charge is 0.483 e. The van der Waals surface area contributed by atoms with E-state index in [1.165, 1.54) is 11.8 Å². The standard InChI is InChI=1S/C23H23NO6S/c1-14-7-8-19(29-13-21(25)24-18(22(26)27)9-10-31-2)17(11-14)20-12-15-5-3-4-6-16(15)23(28)30-20/h3-8,11-12,18H,9-10,13H2,1-2H3,(H,24,25)(H,26,27)/t18-/m1/s1. The minimum Gasteiger partial charge on any atom is -0.483 e. The smallest absolute Gasteiger partial charge is 0.344 e. The van der Waals surface area contributed by atoms with Gasteiger partial charge in [0, 0.05) is 0 Å². The number of ether oxygens (including phenoxy) is 1. The minimum absolute atomic E-state index is 0.320. The highest BCUT2D eigenvalue weighted by Gasteiger charge is 2.20. The summed E-state index contributed by atoms with van der Waals surface area (Å²) in [5.74, 6) is -0.334. The van der Waals surface area contributed by atoms with Crippen LogP contribution < -0.4 is 15.7 Å². The number of amides is 1. The number of nitrogens with one attached hydrogen (secondary N) is 1. The molecule has 0 unspecified atom stereocenters. The summed E-state index contributed by atoms with van der Waals surface area (Å²) in [6.45, 7) is 1.53. The Kier molecular flexibility index (Phi) is 7.36. The van der Waals surface area contributed by atoms with Crippen molar-refractivity contribution in [3.05, 3.63) is 64.5 Å². The number of hydrogen-bond donors (Lipinski definition) is 2. The Bertz CT molecular complexity index is 1160. The third kappa shape index (κ3) is 5.67. The molecule has 0 aliphatic heterocycles. The van der Waals surface area contributed by atoms with E-state index in [1.54, 1.807) is 30.3 Å². The number of carbonyl (C=O) groups is 2. The Hall–Kier alpha value is -3.26. The molecular weight excluding hydrogens is 418 g/mol. The van der Waals surface area contributed by atoms with Crippen molar-refractivity contribution >= 4 is 34.4 Å². The van der Waals surface area contributed by atoms with Gasteiger partial charge in [-0.1, -0.05) is 29.8 Å². The number of hydrogen-bond acceptors (Lipinski definition) is 6. The summed E-state index contributed by atoms with van der Waals surface area (Å²) in [4.78, 5) is 36.0. The molecule has 8 heteroatoms. The summed E-state index contributed by atoms with van der Waals surface area (Å²) in [6, 6.07) is 13.2. The summed E-state index contributed by atoms with van der Waals surface area (Å²) in [5, 5.41) is 12.9. The van der Waals surface area contributed by atoms with Crippen LogP contribution in [0.15, 0.2) is 57.7 Å².